The molecule has 186 valence electrons. The molecule has 1 N–H and O–H groups in total. The fourth-order valence-corrected chi connectivity index (χ4v) is 3.76. The second-order valence-electron chi connectivity index (χ2n) is 7.78. The Bertz CT molecular complexity index is 1410. The van der Waals surface area contributed by atoms with Crippen LogP contribution in [0.2, 0.25) is 0 Å². The van der Waals surface area contributed by atoms with Crippen LogP contribution < -0.4 is 19.6 Å². The molecule has 0 fully saturated rings. The molecule has 4 rings (SSSR count). The van der Waals surface area contributed by atoms with Gasteiger partial charge in [0.1, 0.15) is 5.75 Å². The van der Waals surface area contributed by atoms with Crippen LogP contribution in [0.25, 0.3) is 11.1 Å². The van der Waals surface area contributed by atoms with Gasteiger partial charge >= 0.3 is 5.97 Å². The van der Waals surface area contributed by atoms with E-state index in [0.29, 0.717) is 22.6 Å². The molecule has 0 saturated heterocycles. The van der Waals surface area contributed by atoms with Gasteiger partial charge in [-0.1, -0.05) is 64.5 Å². The van der Waals surface area contributed by atoms with Crippen LogP contribution in [-0.4, -0.2) is 31.8 Å². The fraction of sp³-hybridized carbons (Fsp3) is 0.0690. The lowest BCUT2D eigenvalue weighted by atomic mass is 10.1. The van der Waals surface area contributed by atoms with Gasteiger partial charge in [-0.3, -0.25) is 4.79 Å². The lowest BCUT2D eigenvalue weighted by Crippen LogP contribution is -2.24. The van der Waals surface area contributed by atoms with E-state index in [1.54, 1.807) is 36.4 Å². The molecule has 4 aromatic rings. The number of benzene rings is 4. The summed E-state index contributed by atoms with van der Waals surface area (Å²) in [4.78, 5) is 24.5. The molecule has 7 nitrogen and oxygen atoms in total. The van der Waals surface area contributed by atoms with Crippen molar-refractivity contribution in [2.45, 2.75) is 0 Å². The van der Waals surface area contributed by atoms with Crippen molar-refractivity contribution in [2.75, 3.05) is 13.7 Å². The van der Waals surface area contributed by atoms with E-state index in [4.69, 9.17) is 14.2 Å². The van der Waals surface area contributed by atoms with Crippen molar-refractivity contribution < 1.29 is 23.8 Å². The van der Waals surface area contributed by atoms with Crippen molar-refractivity contribution in [3.63, 3.8) is 0 Å². The zero-order valence-corrected chi connectivity index (χ0v) is 21.5. The molecule has 0 saturated carbocycles. The number of hydrogen-bond donors (Lipinski definition) is 1. The maximum atomic E-state index is 12.4. The normalized spacial score (nSPS) is 10.6. The van der Waals surface area contributed by atoms with Gasteiger partial charge in [-0.05, 0) is 65.2 Å². The monoisotopic (exact) mass is 558 g/mol. The number of rotatable bonds is 9. The largest absolute Gasteiger partial charge is 0.493 e. The number of hydrazone groups is 1. The number of nitrogens with zero attached hydrogens (tertiary/aromatic N) is 1. The number of esters is 1. The highest BCUT2D eigenvalue weighted by molar-refractivity contribution is 9.10. The molecule has 0 aliphatic carbocycles. The number of amides is 1. The fourth-order valence-electron chi connectivity index (χ4n) is 3.36. The minimum Gasteiger partial charge on any atom is -0.493 e. The molecule has 0 aliphatic heterocycles. The molecule has 37 heavy (non-hydrogen) atoms. The van der Waals surface area contributed by atoms with Crippen molar-refractivity contribution in [3.05, 3.63) is 113 Å². The predicted molar refractivity (Wildman–Crippen MR) is 145 cm³/mol. The van der Waals surface area contributed by atoms with Crippen LogP contribution >= 0.6 is 15.9 Å². The second kappa shape index (κ2) is 12.5. The first-order chi connectivity index (χ1) is 18.0. The number of carbonyl (C=O) groups excluding carboxylic acids is 2. The standard InChI is InChI=1S/C29H23BrN2O5/c1-35-27-16-20(10-15-26(27)37-29(34)23-8-5-9-24(30)17-23)18-31-32-28(33)19-36-25-13-11-22(12-14-25)21-6-3-2-4-7-21/h2-18H,19H2,1H3,(H,32,33)/b31-18-. The molecule has 0 unspecified atom stereocenters. The summed E-state index contributed by atoms with van der Waals surface area (Å²) in [5.74, 6) is 0.274. The quantitative estimate of drug-likeness (QED) is 0.120. The van der Waals surface area contributed by atoms with Crippen LogP contribution in [0.5, 0.6) is 17.2 Å². The predicted octanol–water partition coefficient (Wildman–Crippen LogP) is 5.87. The molecule has 8 heteroatoms. The maximum absolute atomic E-state index is 12.4. The third-order valence-electron chi connectivity index (χ3n) is 5.18. The van der Waals surface area contributed by atoms with Gasteiger partial charge in [-0.25, -0.2) is 10.2 Å². The summed E-state index contributed by atoms with van der Waals surface area (Å²) < 4.78 is 17.1. The number of hydrogen-bond acceptors (Lipinski definition) is 6. The average molecular weight is 559 g/mol. The zero-order chi connectivity index (χ0) is 26.0. The maximum Gasteiger partial charge on any atom is 0.343 e. The summed E-state index contributed by atoms with van der Waals surface area (Å²) in [6.45, 7) is -0.185. The van der Waals surface area contributed by atoms with E-state index in [9.17, 15) is 9.59 Å². The van der Waals surface area contributed by atoms with Crippen LogP contribution in [0, 0.1) is 0 Å². The summed E-state index contributed by atoms with van der Waals surface area (Å²) in [7, 11) is 1.47. The molecule has 4 aromatic carbocycles. The Morgan fingerprint density at radius 2 is 1.62 bits per heavy atom. The second-order valence-corrected chi connectivity index (χ2v) is 8.70. The van der Waals surface area contributed by atoms with Gasteiger partial charge in [-0.2, -0.15) is 5.10 Å². The van der Waals surface area contributed by atoms with Crippen molar-refractivity contribution in [3.8, 4) is 28.4 Å². The van der Waals surface area contributed by atoms with E-state index in [1.807, 2.05) is 60.7 Å². The topological polar surface area (TPSA) is 86.2 Å². The summed E-state index contributed by atoms with van der Waals surface area (Å²) in [6.07, 6.45) is 1.45. The molecule has 0 atom stereocenters. The number of methoxy groups -OCH3 is 1. The van der Waals surface area contributed by atoms with Crippen LogP contribution in [0.15, 0.2) is 107 Å². The first-order valence-corrected chi connectivity index (χ1v) is 12.1. The third-order valence-corrected chi connectivity index (χ3v) is 5.68. The first-order valence-electron chi connectivity index (χ1n) is 11.3. The molecular weight excluding hydrogens is 536 g/mol. The highest BCUT2D eigenvalue weighted by atomic mass is 79.9. The van der Waals surface area contributed by atoms with Gasteiger partial charge in [0.25, 0.3) is 5.91 Å². The zero-order valence-electron chi connectivity index (χ0n) is 19.9. The Balaban J connectivity index is 1.28. The number of halogens is 1. The van der Waals surface area contributed by atoms with Gasteiger partial charge in [0.05, 0.1) is 18.9 Å². The SMILES string of the molecule is COc1cc(/C=N\NC(=O)COc2ccc(-c3ccccc3)cc2)ccc1OC(=O)c1cccc(Br)c1. The van der Waals surface area contributed by atoms with Crippen LogP contribution in [-0.2, 0) is 4.79 Å². The van der Waals surface area contributed by atoms with Gasteiger partial charge in [0.15, 0.2) is 18.1 Å². The minimum absolute atomic E-state index is 0.185. The summed E-state index contributed by atoms with van der Waals surface area (Å²) in [5, 5.41) is 3.96. The number of nitrogens with one attached hydrogen (secondary N) is 1. The highest BCUT2D eigenvalue weighted by Gasteiger charge is 2.13. The van der Waals surface area contributed by atoms with E-state index >= 15 is 0 Å². The van der Waals surface area contributed by atoms with Crippen molar-refractivity contribution in [1.82, 2.24) is 5.43 Å². The van der Waals surface area contributed by atoms with Crippen molar-refractivity contribution >= 4 is 34.0 Å². The third kappa shape index (κ3) is 7.28. The van der Waals surface area contributed by atoms with Crippen molar-refractivity contribution in [2.24, 2.45) is 5.10 Å². The summed E-state index contributed by atoms with van der Waals surface area (Å²) in [6, 6.07) is 29.3. The average Bonchev–Trinajstić information content (AvgIpc) is 2.93. The van der Waals surface area contributed by atoms with E-state index in [2.05, 4.69) is 26.5 Å². The molecule has 1 amide bonds. The Kier molecular flexibility index (Phi) is 8.67. The van der Waals surface area contributed by atoms with Crippen LogP contribution in [0.3, 0.4) is 0 Å². The van der Waals surface area contributed by atoms with Crippen molar-refractivity contribution in [1.29, 1.82) is 0 Å². The summed E-state index contributed by atoms with van der Waals surface area (Å²) >= 11 is 3.34. The van der Waals surface area contributed by atoms with E-state index < -0.39 is 11.9 Å². The Labute approximate surface area is 222 Å². The Hall–Kier alpha value is -4.43. The lowest BCUT2D eigenvalue weighted by molar-refractivity contribution is -0.123. The van der Waals surface area contributed by atoms with Gasteiger partial charge in [0, 0.05) is 4.47 Å². The van der Waals surface area contributed by atoms with E-state index in [0.717, 1.165) is 15.6 Å². The Morgan fingerprint density at radius 1 is 0.865 bits per heavy atom. The highest BCUT2D eigenvalue weighted by Crippen LogP contribution is 2.28. The number of ether oxygens (including phenoxy) is 3. The molecule has 0 aromatic heterocycles. The summed E-state index contributed by atoms with van der Waals surface area (Å²) in [5.41, 5.74) is 5.63. The molecule has 0 bridgehead atoms. The van der Waals surface area contributed by atoms with Crippen LogP contribution in [0.1, 0.15) is 15.9 Å². The molecule has 0 heterocycles. The Morgan fingerprint density at radius 3 is 2.35 bits per heavy atom. The van der Waals surface area contributed by atoms with E-state index in [1.165, 1.54) is 13.3 Å². The lowest BCUT2D eigenvalue weighted by Gasteiger charge is -2.10. The molecule has 0 spiro atoms. The molecule has 0 radical (unpaired) electrons. The van der Waals surface area contributed by atoms with Crippen LogP contribution in [0.4, 0.5) is 0 Å². The van der Waals surface area contributed by atoms with E-state index in [-0.39, 0.29) is 12.4 Å². The first kappa shape index (κ1) is 25.7. The van der Waals surface area contributed by atoms with Gasteiger partial charge in [0.2, 0.25) is 0 Å². The number of carbonyl (C=O) groups is 2. The van der Waals surface area contributed by atoms with Gasteiger partial charge < -0.3 is 14.2 Å². The smallest absolute Gasteiger partial charge is 0.343 e. The molecular formula is C29H23BrN2O5. The molecule has 0 aliphatic rings. The minimum atomic E-state index is -0.511. The van der Waals surface area contributed by atoms with Gasteiger partial charge in [-0.15, -0.1) is 0 Å².